The molecule has 1 aromatic carbocycles. The standard InChI is InChI=1S/C14H19N3O/c1-3-6-17-14(18)10-16-9-13-5-4-12(8-15)7-11(13)2/h4-5,7,16H,3,6,9-10H2,1-2H3,(H,17,18). The molecule has 0 saturated heterocycles. The predicted octanol–water partition coefficient (Wildman–Crippen LogP) is 1.48. The van der Waals surface area contributed by atoms with E-state index in [1.54, 1.807) is 6.07 Å². The Bertz CT molecular complexity index is 449. The van der Waals surface area contributed by atoms with E-state index in [0.717, 1.165) is 24.1 Å². The van der Waals surface area contributed by atoms with E-state index in [-0.39, 0.29) is 5.91 Å². The molecule has 96 valence electrons. The zero-order chi connectivity index (χ0) is 13.4. The highest BCUT2D eigenvalue weighted by Crippen LogP contribution is 2.09. The van der Waals surface area contributed by atoms with Crippen LogP contribution in [0.1, 0.15) is 30.0 Å². The minimum absolute atomic E-state index is 0.0168. The average Bonchev–Trinajstić information content (AvgIpc) is 2.38. The zero-order valence-electron chi connectivity index (χ0n) is 10.9. The molecule has 0 fully saturated rings. The highest BCUT2D eigenvalue weighted by molar-refractivity contribution is 5.77. The molecule has 1 amide bonds. The fourth-order valence-corrected chi connectivity index (χ4v) is 1.60. The third-order valence-corrected chi connectivity index (χ3v) is 2.64. The third-order valence-electron chi connectivity index (χ3n) is 2.64. The first-order valence-corrected chi connectivity index (χ1v) is 6.14. The van der Waals surface area contributed by atoms with Crippen molar-refractivity contribution < 1.29 is 4.79 Å². The number of aryl methyl sites for hydroxylation is 1. The first kappa shape index (κ1) is 14.2. The van der Waals surface area contributed by atoms with Crippen molar-refractivity contribution in [1.82, 2.24) is 10.6 Å². The van der Waals surface area contributed by atoms with Crippen molar-refractivity contribution in [3.8, 4) is 6.07 Å². The van der Waals surface area contributed by atoms with Crippen molar-refractivity contribution in [2.75, 3.05) is 13.1 Å². The van der Waals surface area contributed by atoms with Crippen LogP contribution in [0.2, 0.25) is 0 Å². The second kappa shape index (κ2) is 7.46. The monoisotopic (exact) mass is 245 g/mol. The number of rotatable bonds is 6. The van der Waals surface area contributed by atoms with Gasteiger partial charge in [0.25, 0.3) is 0 Å². The van der Waals surface area contributed by atoms with E-state index in [0.29, 0.717) is 18.7 Å². The van der Waals surface area contributed by atoms with Gasteiger partial charge in [0.15, 0.2) is 0 Å². The molecule has 0 atom stereocenters. The second-order valence-corrected chi connectivity index (χ2v) is 4.21. The lowest BCUT2D eigenvalue weighted by molar-refractivity contribution is -0.120. The Morgan fingerprint density at radius 1 is 1.44 bits per heavy atom. The fraction of sp³-hybridized carbons (Fsp3) is 0.429. The van der Waals surface area contributed by atoms with E-state index < -0.39 is 0 Å². The number of carbonyl (C=O) groups excluding carboxylic acids is 1. The SMILES string of the molecule is CCCNC(=O)CNCc1ccc(C#N)cc1C. The molecular weight excluding hydrogens is 226 g/mol. The molecule has 0 bridgehead atoms. The van der Waals surface area contributed by atoms with E-state index in [4.69, 9.17) is 5.26 Å². The maximum absolute atomic E-state index is 11.4. The molecule has 18 heavy (non-hydrogen) atoms. The minimum atomic E-state index is 0.0168. The van der Waals surface area contributed by atoms with Crippen molar-refractivity contribution in [2.24, 2.45) is 0 Å². The van der Waals surface area contributed by atoms with Gasteiger partial charge in [-0.15, -0.1) is 0 Å². The van der Waals surface area contributed by atoms with Gasteiger partial charge in [-0.25, -0.2) is 0 Å². The van der Waals surface area contributed by atoms with Gasteiger partial charge in [-0.05, 0) is 36.6 Å². The number of hydrogen-bond donors (Lipinski definition) is 2. The summed E-state index contributed by atoms with van der Waals surface area (Å²) in [7, 11) is 0. The van der Waals surface area contributed by atoms with Crippen LogP contribution in [0.5, 0.6) is 0 Å². The van der Waals surface area contributed by atoms with Gasteiger partial charge in [0.05, 0.1) is 18.2 Å². The number of amides is 1. The van der Waals surface area contributed by atoms with Crippen molar-refractivity contribution in [1.29, 1.82) is 5.26 Å². The summed E-state index contributed by atoms with van der Waals surface area (Å²) in [6.45, 7) is 5.66. The Kier molecular flexibility index (Phi) is 5.89. The summed E-state index contributed by atoms with van der Waals surface area (Å²) < 4.78 is 0. The number of hydrogen-bond acceptors (Lipinski definition) is 3. The van der Waals surface area contributed by atoms with Crippen LogP contribution in [-0.2, 0) is 11.3 Å². The summed E-state index contributed by atoms with van der Waals surface area (Å²) in [6, 6.07) is 7.68. The molecule has 0 aliphatic heterocycles. The van der Waals surface area contributed by atoms with E-state index in [1.165, 1.54) is 0 Å². The van der Waals surface area contributed by atoms with E-state index in [1.807, 2.05) is 26.0 Å². The smallest absolute Gasteiger partial charge is 0.233 e. The molecule has 0 unspecified atom stereocenters. The van der Waals surface area contributed by atoms with E-state index in [2.05, 4.69) is 16.7 Å². The van der Waals surface area contributed by atoms with Crippen LogP contribution in [0.3, 0.4) is 0 Å². The second-order valence-electron chi connectivity index (χ2n) is 4.21. The van der Waals surface area contributed by atoms with Crippen molar-refractivity contribution in [2.45, 2.75) is 26.8 Å². The molecule has 2 N–H and O–H groups in total. The summed E-state index contributed by atoms with van der Waals surface area (Å²) in [5.74, 6) is 0.0168. The van der Waals surface area contributed by atoms with E-state index >= 15 is 0 Å². The zero-order valence-corrected chi connectivity index (χ0v) is 10.9. The summed E-state index contributed by atoms with van der Waals surface area (Å²) in [5, 5.41) is 14.7. The summed E-state index contributed by atoms with van der Waals surface area (Å²) in [6.07, 6.45) is 0.945. The van der Waals surface area contributed by atoms with Crippen LogP contribution >= 0.6 is 0 Å². The maximum Gasteiger partial charge on any atom is 0.233 e. The molecule has 1 rings (SSSR count). The molecule has 0 aromatic heterocycles. The quantitative estimate of drug-likeness (QED) is 0.798. The summed E-state index contributed by atoms with van der Waals surface area (Å²) >= 11 is 0. The summed E-state index contributed by atoms with van der Waals surface area (Å²) in [4.78, 5) is 11.4. The van der Waals surface area contributed by atoms with Crippen molar-refractivity contribution >= 4 is 5.91 Å². The number of nitrogens with one attached hydrogen (secondary N) is 2. The normalized spacial score (nSPS) is 9.83. The first-order chi connectivity index (χ1) is 8.67. The fourth-order valence-electron chi connectivity index (χ4n) is 1.60. The Labute approximate surface area is 108 Å². The topological polar surface area (TPSA) is 64.9 Å². The molecule has 0 aliphatic rings. The van der Waals surface area contributed by atoms with Gasteiger partial charge in [0, 0.05) is 13.1 Å². The average molecular weight is 245 g/mol. The van der Waals surface area contributed by atoms with Crippen LogP contribution in [0.4, 0.5) is 0 Å². The molecule has 0 spiro atoms. The van der Waals surface area contributed by atoms with Crippen molar-refractivity contribution in [3.63, 3.8) is 0 Å². The summed E-state index contributed by atoms with van der Waals surface area (Å²) in [5.41, 5.74) is 2.84. The number of benzene rings is 1. The lowest BCUT2D eigenvalue weighted by Crippen LogP contribution is -2.34. The third kappa shape index (κ3) is 4.56. The van der Waals surface area contributed by atoms with E-state index in [9.17, 15) is 4.79 Å². The molecule has 0 saturated carbocycles. The molecule has 1 aromatic rings. The molecule has 0 aliphatic carbocycles. The van der Waals surface area contributed by atoms with Gasteiger partial charge in [-0.2, -0.15) is 5.26 Å². The lowest BCUT2D eigenvalue weighted by atomic mass is 10.1. The van der Waals surface area contributed by atoms with Gasteiger partial charge in [0.2, 0.25) is 5.91 Å². The Morgan fingerprint density at radius 2 is 2.22 bits per heavy atom. The largest absolute Gasteiger partial charge is 0.355 e. The molecular formula is C14H19N3O. The highest BCUT2D eigenvalue weighted by atomic mass is 16.1. The predicted molar refractivity (Wildman–Crippen MR) is 70.9 cm³/mol. The molecule has 4 heteroatoms. The van der Waals surface area contributed by atoms with Crippen LogP contribution in [0, 0.1) is 18.3 Å². The number of nitrogens with zero attached hydrogens (tertiary/aromatic N) is 1. The maximum atomic E-state index is 11.4. The Balaban J connectivity index is 2.40. The van der Waals surface area contributed by atoms with Crippen LogP contribution < -0.4 is 10.6 Å². The van der Waals surface area contributed by atoms with Gasteiger partial charge in [-0.1, -0.05) is 13.0 Å². The van der Waals surface area contributed by atoms with Gasteiger partial charge < -0.3 is 10.6 Å². The first-order valence-electron chi connectivity index (χ1n) is 6.14. The van der Waals surface area contributed by atoms with Crippen LogP contribution in [-0.4, -0.2) is 19.0 Å². The Morgan fingerprint density at radius 3 is 2.83 bits per heavy atom. The number of carbonyl (C=O) groups is 1. The Hall–Kier alpha value is -1.86. The minimum Gasteiger partial charge on any atom is -0.355 e. The van der Waals surface area contributed by atoms with Gasteiger partial charge in [-0.3, -0.25) is 4.79 Å². The molecule has 0 heterocycles. The van der Waals surface area contributed by atoms with Gasteiger partial charge >= 0.3 is 0 Å². The van der Waals surface area contributed by atoms with Crippen LogP contribution in [0.15, 0.2) is 18.2 Å². The van der Waals surface area contributed by atoms with Crippen LogP contribution in [0.25, 0.3) is 0 Å². The number of nitriles is 1. The highest BCUT2D eigenvalue weighted by Gasteiger charge is 2.02. The lowest BCUT2D eigenvalue weighted by Gasteiger charge is -2.08. The molecule has 0 radical (unpaired) electrons. The molecule has 4 nitrogen and oxygen atoms in total. The van der Waals surface area contributed by atoms with Crippen molar-refractivity contribution in [3.05, 3.63) is 34.9 Å². The van der Waals surface area contributed by atoms with Gasteiger partial charge in [0.1, 0.15) is 0 Å².